The second-order valence-electron chi connectivity index (χ2n) is 5.29. The highest BCUT2D eigenvalue weighted by Crippen LogP contribution is 2.22. The molecule has 6 nitrogen and oxygen atoms in total. The van der Waals surface area contributed by atoms with Gasteiger partial charge in [-0.05, 0) is 19.8 Å². The van der Waals surface area contributed by atoms with Gasteiger partial charge in [-0.3, -0.25) is 14.4 Å². The lowest BCUT2D eigenvalue weighted by Gasteiger charge is -2.34. The average Bonchev–Trinajstić information content (AvgIpc) is 2.45. The summed E-state index contributed by atoms with van der Waals surface area (Å²) in [4.78, 5) is 36.5. The minimum absolute atomic E-state index is 0.200. The van der Waals surface area contributed by atoms with E-state index in [2.05, 4.69) is 0 Å². The SMILES string of the molecule is CCOC(=O)C1CCCN(C(=O)C(C)C(C)C(=O)O)C1. The first kappa shape index (κ1) is 16.5. The zero-order chi connectivity index (χ0) is 15.3. The molecule has 114 valence electrons. The molecule has 1 fully saturated rings. The molecule has 0 radical (unpaired) electrons. The number of carboxylic acids is 1. The van der Waals surface area contributed by atoms with Crippen molar-refractivity contribution in [1.82, 2.24) is 4.90 Å². The Morgan fingerprint density at radius 2 is 1.95 bits per heavy atom. The predicted molar refractivity (Wildman–Crippen MR) is 71.9 cm³/mol. The third-order valence-corrected chi connectivity index (χ3v) is 3.88. The lowest BCUT2D eigenvalue weighted by atomic mass is 9.92. The molecule has 6 heteroatoms. The van der Waals surface area contributed by atoms with Crippen molar-refractivity contribution in [2.24, 2.45) is 17.8 Å². The summed E-state index contributed by atoms with van der Waals surface area (Å²) in [5, 5.41) is 8.96. The fraction of sp³-hybridized carbons (Fsp3) is 0.786. The summed E-state index contributed by atoms with van der Waals surface area (Å²) >= 11 is 0. The zero-order valence-corrected chi connectivity index (χ0v) is 12.3. The number of hydrogen-bond donors (Lipinski definition) is 1. The number of ether oxygens (including phenoxy) is 1. The number of amides is 1. The van der Waals surface area contributed by atoms with E-state index in [1.54, 1.807) is 18.7 Å². The van der Waals surface area contributed by atoms with E-state index in [0.717, 1.165) is 6.42 Å². The van der Waals surface area contributed by atoms with E-state index >= 15 is 0 Å². The van der Waals surface area contributed by atoms with Crippen LogP contribution in [0.1, 0.15) is 33.6 Å². The van der Waals surface area contributed by atoms with Crippen molar-refractivity contribution in [2.75, 3.05) is 19.7 Å². The van der Waals surface area contributed by atoms with E-state index in [1.165, 1.54) is 6.92 Å². The van der Waals surface area contributed by atoms with Crippen LogP contribution in [0.25, 0.3) is 0 Å². The monoisotopic (exact) mass is 285 g/mol. The molecule has 3 atom stereocenters. The van der Waals surface area contributed by atoms with E-state index in [1.807, 2.05) is 0 Å². The number of esters is 1. The van der Waals surface area contributed by atoms with Crippen molar-refractivity contribution in [3.05, 3.63) is 0 Å². The van der Waals surface area contributed by atoms with Crippen LogP contribution in [-0.2, 0) is 19.1 Å². The van der Waals surface area contributed by atoms with Gasteiger partial charge in [-0.1, -0.05) is 13.8 Å². The van der Waals surface area contributed by atoms with Crippen LogP contribution < -0.4 is 0 Å². The highest BCUT2D eigenvalue weighted by Gasteiger charge is 2.34. The number of carbonyl (C=O) groups excluding carboxylic acids is 2. The van der Waals surface area contributed by atoms with Crippen LogP contribution in [-0.4, -0.2) is 47.5 Å². The maximum Gasteiger partial charge on any atom is 0.310 e. The van der Waals surface area contributed by atoms with Gasteiger partial charge in [0.2, 0.25) is 5.91 Å². The third-order valence-electron chi connectivity index (χ3n) is 3.88. The van der Waals surface area contributed by atoms with E-state index in [-0.39, 0.29) is 17.8 Å². The number of piperidine rings is 1. The van der Waals surface area contributed by atoms with E-state index < -0.39 is 17.8 Å². The van der Waals surface area contributed by atoms with Gasteiger partial charge < -0.3 is 14.7 Å². The number of likely N-dealkylation sites (tertiary alicyclic amines) is 1. The van der Waals surface area contributed by atoms with Crippen molar-refractivity contribution in [3.63, 3.8) is 0 Å². The molecular formula is C14H23NO5. The van der Waals surface area contributed by atoms with Gasteiger partial charge >= 0.3 is 11.9 Å². The molecule has 1 heterocycles. The van der Waals surface area contributed by atoms with E-state index in [0.29, 0.717) is 26.1 Å². The van der Waals surface area contributed by atoms with Crippen LogP contribution in [0.4, 0.5) is 0 Å². The fourth-order valence-electron chi connectivity index (χ4n) is 2.35. The van der Waals surface area contributed by atoms with Crippen LogP contribution >= 0.6 is 0 Å². The Hall–Kier alpha value is -1.59. The van der Waals surface area contributed by atoms with Crippen molar-refractivity contribution in [2.45, 2.75) is 33.6 Å². The van der Waals surface area contributed by atoms with Crippen molar-refractivity contribution >= 4 is 17.8 Å². The summed E-state index contributed by atoms with van der Waals surface area (Å²) < 4.78 is 4.98. The second-order valence-corrected chi connectivity index (χ2v) is 5.29. The van der Waals surface area contributed by atoms with E-state index in [4.69, 9.17) is 9.84 Å². The standard InChI is InChI=1S/C14H23NO5/c1-4-20-14(19)11-6-5-7-15(8-11)12(16)9(2)10(3)13(17)18/h9-11H,4-8H2,1-3H3,(H,17,18). The maximum absolute atomic E-state index is 12.3. The molecule has 0 aromatic heterocycles. The maximum atomic E-state index is 12.3. The van der Waals surface area contributed by atoms with Gasteiger partial charge in [-0.15, -0.1) is 0 Å². The number of carbonyl (C=O) groups is 3. The summed E-state index contributed by atoms with van der Waals surface area (Å²) in [6.45, 7) is 6.13. The van der Waals surface area contributed by atoms with Gasteiger partial charge in [-0.2, -0.15) is 0 Å². The summed E-state index contributed by atoms with van der Waals surface area (Å²) in [6.07, 6.45) is 1.45. The van der Waals surface area contributed by atoms with E-state index in [9.17, 15) is 14.4 Å². The number of hydrogen-bond acceptors (Lipinski definition) is 4. The average molecular weight is 285 g/mol. The van der Waals surface area contributed by atoms with Crippen molar-refractivity contribution in [1.29, 1.82) is 0 Å². The fourth-order valence-corrected chi connectivity index (χ4v) is 2.35. The molecule has 0 aliphatic carbocycles. The quantitative estimate of drug-likeness (QED) is 0.766. The molecule has 1 rings (SSSR count). The Kier molecular flexibility index (Phi) is 5.98. The minimum atomic E-state index is -0.982. The summed E-state index contributed by atoms with van der Waals surface area (Å²) in [5.74, 6) is -3.07. The third kappa shape index (κ3) is 3.95. The molecule has 0 aromatic rings. The second kappa shape index (κ2) is 7.26. The van der Waals surface area contributed by atoms with Crippen LogP contribution in [0, 0.1) is 17.8 Å². The largest absolute Gasteiger partial charge is 0.481 e. The Morgan fingerprint density at radius 1 is 1.30 bits per heavy atom. The molecule has 20 heavy (non-hydrogen) atoms. The molecule has 3 unspecified atom stereocenters. The highest BCUT2D eigenvalue weighted by atomic mass is 16.5. The predicted octanol–water partition coefficient (Wildman–Crippen LogP) is 1.14. The number of carboxylic acid groups (broad SMARTS) is 1. The first-order chi connectivity index (χ1) is 9.38. The van der Waals surface area contributed by atoms with Crippen LogP contribution in [0.15, 0.2) is 0 Å². The first-order valence-electron chi connectivity index (χ1n) is 7.06. The lowest BCUT2D eigenvalue weighted by Crippen LogP contribution is -2.46. The van der Waals surface area contributed by atoms with Gasteiger partial charge in [-0.25, -0.2) is 0 Å². The molecule has 1 aliphatic rings. The number of rotatable bonds is 5. The topological polar surface area (TPSA) is 83.9 Å². The molecule has 1 amide bonds. The molecule has 0 aromatic carbocycles. The summed E-state index contributed by atoms with van der Waals surface area (Å²) in [7, 11) is 0. The number of nitrogens with zero attached hydrogens (tertiary/aromatic N) is 1. The highest BCUT2D eigenvalue weighted by molar-refractivity contribution is 5.85. The minimum Gasteiger partial charge on any atom is -0.481 e. The molecule has 0 saturated carbocycles. The Morgan fingerprint density at radius 3 is 2.50 bits per heavy atom. The molecule has 1 saturated heterocycles. The van der Waals surface area contributed by atoms with Crippen molar-refractivity contribution in [3.8, 4) is 0 Å². The first-order valence-corrected chi connectivity index (χ1v) is 7.06. The molecule has 1 N–H and O–H groups in total. The lowest BCUT2D eigenvalue weighted by molar-refractivity contribution is -0.154. The van der Waals surface area contributed by atoms with Crippen molar-refractivity contribution < 1.29 is 24.2 Å². The smallest absolute Gasteiger partial charge is 0.310 e. The van der Waals surface area contributed by atoms with Crippen LogP contribution in [0.2, 0.25) is 0 Å². The summed E-state index contributed by atoms with van der Waals surface area (Å²) in [5.41, 5.74) is 0. The van der Waals surface area contributed by atoms with Gasteiger partial charge in [0, 0.05) is 19.0 Å². The molecule has 0 spiro atoms. The van der Waals surface area contributed by atoms with Gasteiger partial charge in [0.15, 0.2) is 0 Å². The van der Waals surface area contributed by atoms with Gasteiger partial charge in [0.1, 0.15) is 0 Å². The van der Waals surface area contributed by atoms with Crippen LogP contribution in [0.3, 0.4) is 0 Å². The number of aliphatic carboxylic acids is 1. The molecule has 1 aliphatic heterocycles. The zero-order valence-electron chi connectivity index (χ0n) is 12.3. The summed E-state index contributed by atoms with van der Waals surface area (Å²) in [6, 6.07) is 0. The molecule has 0 bridgehead atoms. The molecular weight excluding hydrogens is 262 g/mol. The van der Waals surface area contributed by atoms with Gasteiger partial charge in [0.05, 0.1) is 18.4 Å². The Balaban J connectivity index is 2.64. The van der Waals surface area contributed by atoms with Crippen LogP contribution in [0.5, 0.6) is 0 Å². The Bertz CT molecular complexity index is 382. The normalized spacial score (nSPS) is 21.9. The van der Waals surface area contributed by atoms with Gasteiger partial charge in [0.25, 0.3) is 0 Å². The Labute approximate surface area is 119 Å².